The van der Waals surface area contributed by atoms with E-state index in [9.17, 15) is 9.59 Å². The third kappa shape index (κ3) is 11.9. The van der Waals surface area contributed by atoms with Crippen LogP contribution in [0.2, 0.25) is 0 Å². The van der Waals surface area contributed by atoms with Crippen LogP contribution >= 0.6 is 0 Å². The largest absolute Gasteiger partial charge is 0.509 e. The fourth-order valence-electron chi connectivity index (χ4n) is 1.05. The van der Waals surface area contributed by atoms with E-state index in [-0.39, 0.29) is 19.8 Å². The van der Waals surface area contributed by atoms with Crippen molar-refractivity contribution >= 4 is 12.2 Å². The van der Waals surface area contributed by atoms with Crippen LogP contribution in [0.25, 0.3) is 0 Å². The van der Waals surface area contributed by atoms with E-state index in [2.05, 4.69) is 26.6 Å². The number of alkyl carbamates (subject to hydrolysis) is 1. The van der Waals surface area contributed by atoms with Gasteiger partial charge in [0, 0.05) is 6.54 Å². The maximum atomic E-state index is 10.9. The Labute approximate surface area is 112 Å². The van der Waals surface area contributed by atoms with Gasteiger partial charge in [0.25, 0.3) is 0 Å². The highest BCUT2D eigenvalue weighted by molar-refractivity contribution is 5.67. The van der Waals surface area contributed by atoms with Crippen molar-refractivity contribution in [1.29, 1.82) is 0 Å². The second-order valence-corrected chi connectivity index (χ2v) is 3.36. The fraction of sp³-hybridized carbons (Fsp3) is 0.538. The van der Waals surface area contributed by atoms with Crippen LogP contribution in [0.1, 0.15) is 19.3 Å². The summed E-state index contributed by atoms with van der Waals surface area (Å²) in [5.74, 6) is 4.34. The van der Waals surface area contributed by atoms with Gasteiger partial charge in [-0.3, -0.25) is 0 Å². The summed E-state index contributed by atoms with van der Waals surface area (Å²) in [4.78, 5) is 21.8. The Morgan fingerprint density at radius 3 is 2.32 bits per heavy atom. The van der Waals surface area contributed by atoms with Gasteiger partial charge in [-0.05, 0) is 19.3 Å². The molecule has 0 spiro atoms. The molecule has 104 valence electrons. The zero-order valence-corrected chi connectivity index (χ0v) is 10.6. The summed E-state index contributed by atoms with van der Waals surface area (Å²) in [5, 5.41) is 2.53. The summed E-state index contributed by atoms with van der Waals surface area (Å²) >= 11 is 0. The third-order valence-electron chi connectivity index (χ3n) is 1.87. The lowest BCUT2D eigenvalue weighted by Crippen LogP contribution is -2.25. The first-order valence-electron chi connectivity index (χ1n) is 5.77. The number of rotatable bonds is 8. The van der Waals surface area contributed by atoms with Crippen molar-refractivity contribution in [3.8, 4) is 24.7 Å². The third-order valence-corrected chi connectivity index (χ3v) is 1.87. The zero-order valence-electron chi connectivity index (χ0n) is 10.6. The molecule has 0 saturated heterocycles. The second-order valence-electron chi connectivity index (χ2n) is 3.36. The molecule has 1 N–H and O–H groups in total. The number of terminal acetylenes is 2. The molecule has 6 nitrogen and oxygen atoms in total. The molecule has 0 aromatic heterocycles. The maximum Gasteiger partial charge on any atom is 0.509 e. The van der Waals surface area contributed by atoms with E-state index in [4.69, 9.17) is 17.6 Å². The highest BCUT2D eigenvalue weighted by atomic mass is 16.7. The molecule has 1 amide bonds. The second kappa shape index (κ2) is 12.1. The summed E-state index contributed by atoms with van der Waals surface area (Å²) in [5.41, 5.74) is 0. The molecule has 0 aliphatic heterocycles. The Hall–Kier alpha value is -2.34. The highest BCUT2D eigenvalue weighted by Crippen LogP contribution is 1.96. The molecule has 0 atom stereocenters. The Morgan fingerprint density at radius 1 is 0.947 bits per heavy atom. The van der Waals surface area contributed by atoms with Crippen LogP contribution in [0.4, 0.5) is 9.59 Å². The van der Waals surface area contributed by atoms with Crippen LogP contribution < -0.4 is 5.32 Å². The van der Waals surface area contributed by atoms with Crippen molar-refractivity contribution in [3.63, 3.8) is 0 Å². The first kappa shape index (κ1) is 16.7. The SMILES string of the molecule is C#CCOC(=O)NCCCCCOC(=O)OCC#C. The van der Waals surface area contributed by atoms with Gasteiger partial charge in [0.05, 0.1) is 6.61 Å². The molecule has 19 heavy (non-hydrogen) atoms. The van der Waals surface area contributed by atoms with Gasteiger partial charge in [-0.25, -0.2) is 9.59 Å². The Bertz CT molecular complexity index is 319. The van der Waals surface area contributed by atoms with Crippen LogP contribution in [0.5, 0.6) is 0 Å². The average molecular weight is 267 g/mol. The van der Waals surface area contributed by atoms with E-state index in [0.29, 0.717) is 13.0 Å². The van der Waals surface area contributed by atoms with Gasteiger partial charge in [-0.1, -0.05) is 11.8 Å². The van der Waals surface area contributed by atoms with Gasteiger partial charge in [-0.15, -0.1) is 12.8 Å². The molecular weight excluding hydrogens is 250 g/mol. The van der Waals surface area contributed by atoms with Gasteiger partial charge in [0.1, 0.15) is 0 Å². The number of nitrogens with one attached hydrogen (secondary N) is 1. The van der Waals surface area contributed by atoms with Crippen molar-refractivity contribution in [2.24, 2.45) is 0 Å². The number of carbonyl (C=O) groups excluding carboxylic acids is 2. The Kier molecular flexibility index (Phi) is 10.6. The van der Waals surface area contributed by atoms with Gasteiger partial charge in [0.2, 0.25) is 0 Å². The van der Waals surface area contributed by atoms with Crippen LogP contribution in [0.15, 0.2) is 0 Å². The Morgan fingerprint density at radius 2 is 1.63 bits per heavy atom. The van der Waals surface area contributed by atoms with Crippen molar-refractivity contribution in [1.82, 2.24) is 5.32 Å². The first-order valence-corrected chi connectivity index (χ1v) is 5.77. The molecule has 0 saturated carbocycles. The van der Waals surface area contributed by atoms with Crippen molar-refractivity contribution in [2.75, 3.05) is 26.4 Å². The summed E-state index contributed by atoms with van der Waals surface area (Å²) in [6.45, 7) is 0.595. The predicted molar refractivity (Wildman–Crippen MR) is 68.2 cm³/mol. The molecular formula is C13H17NO5. The van der Waals surface area contributed by atoms with Gasteiger partial charge in [0.15, 0.2) is 13.2 Å². The fourth-order valence-corrected chi connectivity index (χ4v) is 1.05. The molecule has 6 heteroatoms. The van der Waals surface area contributed by atoms with Crippen LogP contribution in [-0.2, 0) is 14.2 Å². The summed E-state index contributed by atoms with van der Waals surface area (Å²) < 4.78 is 13.8. The molecule has 0 heterocycles. The molecule has 0 aliphatic carbocycles. The molecule has 0 bridgehead atoms. The molecule has 0 fully saturated rings. The molecule has 0 rings (SSSR count). The summed E-state index contributed by atoms with van der Waals surface area (Å²) in [6.07, 6.45) is 10.7. The quantitative estimate of drug-likeness (QED) is 0.407. The Balaban J connectivity index is 3.28. The van der Waals surface area contributed by atoms with E-state index in [1.807, 2.05) is 0 Å². The van der Waals surface area contributed by atoms with E-state index in [1.165, 1.54) is 0 Å². The van der Waals surface area contributed by atoms with E-state index in [0.717, 1.165) is 12.8 Å². The van der Waals surface area contributed by atoms with Crippen LogP contribution in [0.3, 0.4) is 0 Å². The van der Waals surface area contributed by atoms with E-state index < -0.39 is 12.2 Å². The lowest BCUT2D eigenvalue weighted by molar-refractivity contribution is 0.0633. The van der Waals surface area contributed by atoms with Crippen molar-refractivity contribution < 1.29 is 23.8 Å². The molecule has 0 aromatic rings. The van der Waals surface area contributed by atoms with Crippen molar-refractivity contribution in [3.05, 3.63) is 0 Å². The minimum Gasteiger partial charge on any atom is -0.436 e. The average Bonchev–Trinajstić information content (AvgIpc) is 2.41. The number of unbranched alkanes of at least 4 members (excludes halogenated alkanes) is 2. The van der Waals surface area contributed by atoms with Crippen LogP contribution in [0, 0.1) is 24.7 Å². The monoisotopic (exact) mass is 267 g/mol. The lowest BCUT2D eigenvalue weighted by Gasteiger charge is -2.05. The van der Waals surface area contributed by atoms with Gasteiger partial charge < -0.3 is 19.5 Å². The first-order chi connectivity index (χ1) is 9.20. The van der Waals surface area contributed by atoms with Gasteiger partial charge >= 0.3 is 12.2 Å². The lowest BCUT2D eigenvalue weighted by atomic mass is 10.2. The molecule has 0 radical (unpaired) electrons. The van der Waals surface area contributed by atoms with Crippen LogP contribution in [-0.4, -0.2) is 38.6 Å². The smallest absolute Gasteiger partial charge is 0.436 e. The summed E-state index contributed by atoms with van der Waals surface area (Å²) in [6, 6.07) is 0. The summed E-state index contributed by atoms with van der Waals surface area (Å²) in [7, 11) is 0. The van der Waals surface area contributed by atoms with Gasteiger partial charge in [-0.2, -0.15) is 0 Å². The minimum absolute atomic E-state index is 0.0422. The van der Waals surface area contributed by atoms with Crippen molar-refractivity contribution in [2.45, 2.75) is 19.3 Å². The maximum absolute atomic E-state index is 10.9. The number of hydrogen-bond acceptors (Lipinski definition) is 5. The number of carbonyl (C=O) groups is 2. The molecule has 0 aromatic carbocycles. The molecule has 0 aliphatic rings. The highest BCUT2D eigenvalue weighted by Gasteiger charge is 2.02. The van der Waals surface area contributed by atoms with E-state index in [1.54, 1.807) is 0 Å². The normalized spacial score (nSPS) is 8.74. The number of hydrogen-bond donors (Lipinski definition) is 1. The number of amides is 1. The molecule has 0 unspecified atom stereocenters. The predicted octanol–water partition coefficient (Wildman–Crippen LogP) is 1.30. The topological polar surface area (TPSA) is 73.9 Å². The van der Waals surface area contributed by atoms with E-state index >= 15 is 0 Å². The minimum atomic E-state index is -0.770. The number of ether oxygens (including phenoxy) is 3. The zero-order chi connectivity index (χ0) is 14.3. The standard InChI is InChI=1S/C13H17NO5/c1-3-9-17-12(15)14-8-6-5-7-11-19-13(16)18-10-4-2/h1-2H,5-11H2,(H,14,15).